The Bertz CT molecular complexity index is 393. The van der Waals surface area contributed by atoms with E-state index in [1.807, 2.05) is 0 Å². The molecule has 0 amide bonds. The highest BCUT2D eigenvalue weighted by Crippen LogP contribution is 2.23. The van der Waals surface area contributed by atoms with Crippen LogP contribution in [-0.2, 0) is 0 Å². The molecular weight excluding hydrogens is 196 g/mol. The van der Waals surface area contributed by atoms with Gasteiger partial charge in [0.1, 0.15) is 11.9 Å². The Balaban J connectivity index is 2.31. The Morgan fingerprint density at radius 1 is 1.64 bits per heavy atom. The molecule has 0 spiro atoms. The number of thiophene rings is 1. The van der Waals surface area contributed by atoms with Crippen molar-refractivity contribution in [2.75, 3.05) is 0 Å². The molecule has 74 valence electrons. The highest BCUT2D eigenvalue weighted by Gasteiger charge is 2.15. The van der Waals surface area contributed by atoms with Gasteiger partial charge in [-0.3, -0.25) is 5.84 Å². The van der Waals surface area contributed by atoms with E-state index < -0.39 is 0 Å². The summed E-state index contributed by atoms with van der Waals surface area (Å²) in [5, 5.41) is 2.09. The smallest absolute Gasteiger partial charge is 0.129 e. The standard InChI is InChI=1S/C9H12N4S/c1-6-4-7(5-14-6)8(13-10)9-11-2-3-12-9/h2-5,8,13H,10H2,1H3,(H,11,12). The van der Waals surface area contributed by atoms with Gasteiger partial charge in [0, 0.05) is 17.3 Å². The van der Waals surface area contributed by atoms with E-state index in [2.05, 4.69) is 33.8 Å². The molecule has 1 atom stereocenters. The predicted octanol–water partition coefficient (Wildman–Crippen LogP) is 1.33. The van der Waals surface area contributed by atoms with E-state index in [-0.39, 0.29) is 6.04 Å². The molecule has 2 aromatic heterocycles. The number of nitrogens with two attached hydrogens (primary N) is 1. The first kappa shape index (κ1) is 9.39. The summed E-state index contributed by atoms with van der Waals surface area (Å²) in [6.45, 7) is 2.07. The lowest BCUT2D eigenvalue weighted by Crippen LogP contribution is -2.29. The van der Waals surface area contributed by atoms with Gasteiger partial charge in [0.2, 0.25) is 0 Å². The van der Waals surface area contributed by atoms with Crippen molar-refractivity contribution in [1.29, 1.82) is 0 Å². The molecule has 1 unspecified atom stereocenters. The third kappa shape index (κ3) is 1.70. The molecule has 2 aromatic rings. The second-order valence-corrected chi connectivity index (χ2v) is 4.18. The molecule has 14 heavy (non-hydrogen) atoms. The van der Waals surface area contributed by atoms with Crippen LogP contribution in [0.4, 0.5) is 0 Å². The number of H-pyrrole nitrogens is 1. The van der Waals surface area contributed by atoms with Crippen molar-refractivity contribution in [2.45, 2.75) is 13.0 Å². The molecular formula is C9H12N4S. The van der Waals surface area contributed by atoms with Crippen molar-refractivity contribution in [1.82, 2.24) is 15.4 Å². The number of nitrogens with one attached hydrogen (secondary N) is 2. The van der Waals surface area contributed by atoms with Crippen LogP contribution < -0.4 is 11.3 Å². The Labute approximate surface area is 86.1 Å². The fourth-order valence-electron chi connectivity index (χ4n) is 1.38. The third-order valence-electron chi connectivity index (χ3n) is 2.04. The Kier molecular flexibility index (Phi) is 2.62. The molecule has 5 heteroatoms. The first-order valence-electron chi connectivity index (χ1n) is 4.31. The maximum atomic E-state index is 5.50. The molecule has 0 aliphatic heterocycles. The zero-order valence-electron chi connectivity index (χ0n) is 7.82. The molecule has 0 aliphatic carbocycles. The first-order valence-corrected chi connectivity index (χ1v) is 5.19. The third-order valence-corrected chi connectivity index (χ3v) is 2.92. The van der Waals surface area contributed by atoms with Crippen molar-refractivity contribution >= 4 is 11.3 Å². The number of imidazole rings is 1. The molecule has 4 N–H and O–H groups in total. The van der Waals surface area contributed by atoms with Gasteiger partial charge in [0.15, 0.2) is 0 Å². The average molecular weight is 208 g/mol. The van der Waals surface area contributed by atoms with E-state index in [9.17, 15) is 0 Å². The maximum absolute atomic E-state index is 5.50. The van der Waals surface area contributed by atoms with Crippen molar-refractivity contribution in [3.63, 3.8) is 0 Å². The fraction of sp³-hybridized carbons (Fsp3) is 0.222. The lowest BCUT2D eigenvalue weighted by Gasteiger charge is -2.11. The van der Waals surface area contributed by atoms with Gasteiger partial charge >= 0.3 is 0 Å². The van der Waals surface area contributed by atoms with Crippen LogP contribution >= 0.6 is 11.3 Å². The number of aromatic amines is 1. The number of hydrogen-bond acceptors (Lipinski definition) is 4. The lowest BCUT2D eigenvalue weighted by molar-refractivity contribution is 0.609. The summed E-state index contributed by atoms with van der Waals surface area (Å²) in [4.78, 5) is 8.50. The number of rotatable bonds is 3. The van der Waals surface area contributed by atoms with Crippen molar-refractivity contribution < 1.29 is 0 Å². The van der Waals surface area contributed by atoms with Crippen LogP contribution in [0.15, 0.2) is 23.8 Å². The van der Waals surface area contributed by atoms with Crippen LogP contribution in [0.3, 0.4) is 0 Å². The van der Waals surface area contributed by atoms with Gasteiger partial charge in [-0.2, -0.15) is 0 Å². The summed E-state index contributed by atoms with van der Waals surface area (Å²) in [5.74, 6) is 6.34. The Morgan fingerprint density at radius 3 is 3.00 bits per heavy atom. The zero-order valence-corrected chi connectivity index (χ0v) is 8.64. The van der Waals surface area contributed by atoms with Gasteiger partial charge in [0.05, 0.1) is 0 Å². The van der Waals surface area contributed by atoms with Crippen molar-refractivity contribution in [3.8, 4) is 0 Å². The molecule has 0 saturated heterocycles. The number of nitrogens with zero attached hydrogens (tertiary/aromatic N) is 1. The number of aromatic nitrogens is 2. The minimum Gasteiger partial charge on any atom is -0.347 e. The van der Waals surface area contributed by atoms with Crippen LogP contribution in [0.5, 0.6) is 0 Å². The molecule has 2 rings (SSSR count). The average Bonchev–Trinajstić information content (AvgIpc) is 2.79. The second kappa shape index (κ2) is 3.91. The second-order valence-electron chi connectivity index (χ2n) is 3.06. The van der Waals surface area contributed by atoms with E-state index >= 15 is 0 Å². The largest absolute Gasteiger partial charge is 0.347 e. The number of aryl methyl sites for hydroxylation is 1. The van der Waals surface area contributed by atoms with Crippen LogP contribution in [0.1, 0.15) is 22.3 Å². The first-order chi connectivity index (χ1) is 6.81. The number of hydrazine groups is 1. The maximum Gasteiger partial charge on any atom is 0.129 e. The van der Waals surface area contributed by atoms with Gasteiger partial charge in [-0.15, -0.1) is 11.3 Å². The quantitative estimate of drug-likeness (QED) is 0.526. The minimum absolute atomic E-state index is 0.0463. The van der Waals surface area contributed by atoms with Crippen molar-refractivity contribution in [3.05, 3.63) is 40.1 Å². The fourth-order valence-corrected chi connectivity index (χ4v) is 2.11. The van der Waals surface area contributed by atoms with Crippen molar-refractivity contribution in [2.24, 2.45) is 5.84 Å². The Hall–Kier alpha value is -1.17. The molecule has 4 nitrogen and oxygen atoms in total. The summed E-state index contributed by atoms with van der Waals surface area (Å²) in [7, 11) is 0. The van der Waals surface area contributed by atoms with E-state index in [1.54, 1.807) is 23.7 Å². The molecule has 0 saturated carbocycles. The van der Waals surface area contributed by atoms with Gasteiger partial charge in [-0.25, -0.2) is 10.4 Å². The van der Waals surface area contributed by atoms with Crippen LogP contribution in [-0.4, -0.2) is 9.97 Å². The van der Waals surface area contributed by atoms with Gasteiger partial charge in [-0.05, 0) is 23.9 Å². The summed E-state index contributed by atoms with van der Waals surface area (Å²) < 4.78 is 0. The lowest BCUT2D eigenvalue weighted by atomic mass is 10.1. The van der Waals surface area contributed by atoms with Gasteiger partial charge in [0.25, 0.3) is 0 Å². The van der Waals surface area contributed by atoms with Crippen LogP contribution in [0.25, 0.3) is 0 Å². The molecule has 0 aromatic carbocycles. The molecule has 2 heterocycles. The summed E-state index contributed by atoms with van der Waals surface area (Å²) in [5.41, 5.74) is 3.89. The van der Waals surface area contributed by atoms with E-state index in [4.69, 9.17) is 5.84 Å². The highest BCUT2D eigenvalue weighted by atomic mass is 32.1. The van der Waals surface area contributed by atoms with E-state index in [1.165, 1.54) is 4.88 Å². The summed E-state index contributed by atoms with van der Waals surface area (Å²) in [6.07, 6.45) is 3.51. The summed E-state index contributed by atoms with van der Waals surface area (Å²) in [6, 6.07) is 2.06. The molecule has 0 aliphatic rings. The SMILES string of the molecule is Cc1cc(C(NN)c2ncc[nH]2)cs1. The van der Waals surface area contributed by atoms with E-state index in [0.717, 1.165) is 11.4 Å². The molecule has 0 radical (unpaired) electrons. The minimum atomic E-state index is -0.0463. The van der Waals surface area contributed by atoms with E-state index in [0.29, 0.717) is 0 Å². The predicted molar refractivity (Wildman–Crippen MR) is 56.8 cm³/mol. The Morgan fingerprint density at radius 2 is 2.50 bits per heavy atom. The normalized spacial score (nSPS) is 13.0. The summed E-state index contributed by atoms with van der Waals surface area (Å²) >= 11 is 1.71. The monoisotopic (exact) mass is 208 g/mol. The van der Waals surface area contributed by atoms with Crippen LogP contribution in [0, 0.1) is 6.92 Å². The number of hydrogen-bond donors (Lipinski definition) is 3. The zero-order chi connectivity index (χ0) is 9.97. The topological polar surface area (TPSA) is 66.7 Å². The van der Waals surface area contributed by atoms with Crippen LogP contribution in [0.2, 0.25) is 0 Å². The highest BCUT2D eigenvalue weighted by molar-refractivity contribution is 7.10. The molecule has 0 fully saturated rings. The molecule has 0 bridgehead atoms. The van der Waals surface area contributed by atoms with Gasteiger partial charge in [-0.1, -0.05) is 0 Å². The van der Waals surface area contributed by atoms with Gasteiger partial charge < -0.3 is 4.98 Å².